The lowest BCUT2D eigenvalue weighted by atomic mass is 10.0. The smallest absolute Gasteiger partial charge is 0.352 e. The summed E-state index contributed by atoms with van der Waals surface area (Å²) in [6, 6.07) is 11.5. The Hall–Kier alpha value is -3.95. The second-order valence-corrected chi connectivity index (χ2v) is 8.11. The van der Waals surface area contributed by atoms with E-state index in [1.807, 2.05) is 0 Å². The van der Waals surface area contributed by atoms with Crippen LogP contribution in [0.4, 0.5) is 17.6 Å². The van der Waals surface area contributed by atoms with Crippen molar-refractivity contribution < 1.29 is 26.9 Å². The lowest BCUT2D eigenvalue weighted by Gasteiger charge is -2.06. The number of hydrogen-bond donors (Lipinski definition) is 1. The largest absolute Gasteiger partial charge is 0.453 e. The van der Waals surface area contributed by atoms with Gasteiger partial charge in [0.1, 0.15) is 11.5 Å². The molecule has 4 aromatic rings. The number of alkyl halides is 3. The molecule has 0 aliphatic heterocycles. The van der Waals surface area contributed by atoms with Gasteiger partial charge in [0.2, 0.25) is 5.76 Å². The van der Waals surface area contributed by atoms with Crippen LogP contribution in [-0.4, -0.2) is 27.2 Å². The highest BCUT2D eigenvalue weighted by Gasteiger charge is 2.41. The van der Waals surface area contributed by atoms with Gasteiger partial charge < -0.3 is 14.4 Å². The predicted molar refractivity (Wildman–Crippen MR) is 115 cm³/mol. The molecular formula is C24H18F4N4O2. The quantitative estimate of drug-likeness (QED) is 0.378. The lowest BCUT2D eigenvalue weighted by Crippen LogP contribution is -2.25. The zero-order chi connectivity index (χ0) is 23.9. The van der Waals surface area contributed by atoms with Crippen LogP contribution in [0, 0.1) is 11.7 Å². The molecule has 0 spiro atoms. The van der Waals surface area contributed by atoms with E-state index < -0.39 is 17.8 Å². The van der Waals surface area contributed by atoms with E-state index in [9.17, 15) is 22.4 Å². The van der Waals surface area contributed by atoms with Crippen LogP contribution >= 0.6 is 0 Å². The fourth-order valence-corrected chi connectivity index (χ4v) is 3.57. The van der Waals surface area contributed by atoms with Crippen molar-refractivity contribution in [2.75, 3.05) is 6.54 Å². The molecule has 0 radical (unpaired) electrons. The Labute approximate surface area is 191 Å². The number of nitrogens with zero attached hydrogens (tertiary/aromatic N) is 3. The van der Waals surface area contributed by atoms with Crippen molar-refractivity contribution in [1.82, 2.24) is 20.0 Å². The van der Waals surface area contributed by atoms with Gasteiger partial charge in [0.25, 0.3) is 5.91 Å². The van der Waals surface area contributed by atoms with Crippen molar-refractivity contribution in [2.45, 2.75) is 19.0 Å². The molecule has 1 saturated carbocycles. The zero-order valence-corrected chi connectivity index (χ0v) is 17.6. The Morgan fingerprint density at radius 3 is 2.44 bits per heavy atom. The summed E-state index contributed by atoms with van der Waals surface area (Å²) in [7, 11) is 0. The average molecular weight is 470 g/mol. The third-order valence-corrected chi connectivity index (χ3v) is 5.58. The fraction of sp³-hybridized carbons (Fsp3) is 0.208. The zero-order valence-electron chi connectivity index (χ0n) is 17.6. The first-order valence-electron chi connectivity index (χ1n) is 10.6. The number of hydrogen-bond acceptors (Lipinski definition) is 4. The summed E-state index contributed by atoms with van der Waals surface area (Å²) in [5.41, 5.74) is 0.896. The molecule has 1 aliphatic rings. The third-order valence-electron chi connectivity index (χ3n) is 5.58. The fourth-order valence-electron chi connectivity index (χ4n) is 3.57. The number of rotatable bonds is 6. The first-order valence-corrected chi connectivity index (χ1v) is 10.6. The molecule has 0 saturated heterocycles. The molecule has 0 unspecified atom stereocenters. The highest BCUT2D eigenvalue weighted by atomic mass is 19.4. The Balaban J connectivity index is 1.45. The van der Waals surface area contributed by atoms with Crippen LogP contribution in [0.1, 0.15) is 29.0 Å². The highest BCUT2D eigenvalue weighted by molar-refractivity contribution is 5.94. The SMILES string of the molecule is O=C(NCC1CC1)c1ccc(-n2cnc(-c3c(-c4ccc(F)cc4)noc3C(F)(F)F)c2)cc1. The number of aromatic nitrogens is 3. The Bertz CT molecular complexity index is 1320. The lowest BCUT2D eigenvalue weighted by molar-refractivity contribution is -0.154. The van der Waals surface area contributed by atoms with E-state index in [-0.39, 0.29) is 28.4 Å². The standard InChI is InChI=1S/C24H18F4N4O2/c25-17-7-3-15(4-8-17)21-20(22(34-31-21)24(26,27)28)19-12-32(13-30-19)18-9-5-16(6-10-18)23(33)29-11-14-1-2-14/h3-10,12-14H,1-2,11H2,(H,29,33). The number of amides is 1. The molecule has 34 heavy (non-hydrogen) atoms. The maximum Gasteiger partial charge on any atom is 0.453 e. The molecule has 1 amide bonds. The van der Waals surface area contributed by atoms with Gasteiger partial charge in [0.05, 0.1) is 17.6 Å². The average Bonchev–Trinajstić information content (AvgIpc) is 3.32. The first-order chi connectivity index (χ1) is 16.3. The molecule has 5 rings (SSSR count). The molecular weight excluding hydrogens is 452 g/mol. The first kappa shape index (κ1) is 21.9. The van der Waals surface area contributed by atoms with Gasteiger partial charge in [0.15, 0.2) is 0 Å². The topological polar surface area (TPSA) is 73.0 Å². The summed E-state index contributed by atoms with van der Waals surface area (Å²) in [6.45, 7) is 0.655. The molecule has 1 aliphatic carbocycles. The summed E-state index contributed by atoms with van der Waals surface area (Å²) >= 11 is 0. The van der Waals surface area contributed by atoms with Crippen LogP contribution in [0.2, 0.25) is 0 Å². The Morgan fingerprint density at radius 1 is 1.09 bits per heavy atom. The number of imidazole rings is 1. The van der Waals surface area contributed by atoms with Gasteiger partial charge in [-0.05, 0) is 67.3 Å². The van der Waals surface area contributed by atoms with Crippen LogP contribution in [0.25, 0.3) is 28.2 Å². The second-order valence-electron chi connectivity index (χ2n) is 8.11. The number of carbonyl (C=O) groups excluding carboxylic acids is 1. The van der Waals surface area contributed by atoms with E-state index in [0.717, 1.165) is 25.0 Å². The number of halogens is 4. The molecule has 0 atom stereocenters. The maximum absolute atomic E-state index is 13.6. The monoisotopic (exact) mass is 470 g/mol. The Morgan fingerprint density at radius 2 is 1.79 bits per heavy atom. The number of nitrogens with one attached hydrogen (secondary N) is 1. The summed E-state index contributed by atoms with van der Waals surface area (Å²) in [5, 5.41) is 6.48. The van der Waals surface area contributed by atoms with Gasteiger partial charge in [-0.1, -0.05) is 5.16 Å². The van der Waals surface area contributed by atoms with Gasteiger partial charge in [-0.15, -0.1) is 0 Å². The van der Waals surface area contributed by atoms with Crippen molar-refractivity contribution in [1.29, 1.82) is 0 Å². The van der Waals surface area contributed by atoms with Crippen molar-refractivity contribution in [3.05, 3.63) is 78.2 Å². The summed E-state index contributed by atoms with van der Waals surface area (Å²) in [5.74, 6) is -1.43. The molecule has 174 valence electrons. The molecule has 2 heterocycles. The van der Waals surface area contributed by atoms with Gasteiger partial charge in [-0.3, -0.25) is 4.79 Å². The minimum Gasteiger partial charge on any atom is -0.352 e. The van der Waals surface area contributed by atoms with E-state index >= 15 is 0 Å². The van der Waals surface area contributed by atoms with Crippen LogP contribution in [0.5, 0.6) is 0 Å². The van der Waals surface area contributed by atoms with E-state index in [1.165, 1.54) is 29.2 Å². The van der Waals surface area contributed by atoms with E-state index in [4.69, 9.17) is 0 Å². The summed E-state index contributed by atoms with van der Waals surface area (Å²) in [6.07, 6.45) is 0.233. The minimum atomic E-state index is -4.81. The minimum absolute atomic E-state index is 0.0147. The van der Waals surface area contributed by atoms with E-state index in [2.05, 4.69) is 20.0 Å². The molecule has 6 nitrogen and oxygen atoms in total. The Kier molecular flexibility index (Phi) is 5.43. The van der Waals surface area contributed by atoms with Crippen molar-refractivity contribution >= 4 is 5.91 Å². The van der Waals surface area contributed by atoms with Crippen LogP contribution in [0.3, 0.4) is 0 Å². The van der Waals surface area contributed by atoms with Gasteiger partial charge in [-0.25, -0.2) is 9.37 Å². The molecule has 0 bridgehead atoms. The summed E-state index contributed by atoms with van der Waals surface area (Å²) < 4.78 is 60.4. The van der Waals surface area contributed by atoms with Gasteiger partial charge >= 0.3 is 6.18 Å². The summed E-state index contributed by atoms with van der Waals surface area (Å²) in [4.78, 5) is 16.4. The van der Waals surface area contributed by atoms with Crippen molar-refractivity contribution in [3.8, 4) is 28.2 Å². The van der Waals surface area contributed by atoms with Crippen molar-refractivity contribution in [3.63, 3.8) is 0 Å². The molecule has 1 N–H and O–H groups in total. The van der Waals surface area contributed by atoms with Crippen LogP contribution < -0.4 is 5.32 Å². The highest BCUT2D eigenvalue weighted by Crippen LogP contribution is 2.42. The molecule has 1 fully saturated rings. The number of carbonyl (C=O) groups is 1. The molecule has 2 aromatic heterocycles. The van der Waals surface area contributed by atoms with E-state index in [1.54, 1.807) is 24.3 Å². The third kappa shape index (κ3) is 4.43. The molecule has 2 aromatic carbocycles. The second kappa shape index (κ2) is 8.44. The van der Waals surface area contributed by atoms with E-state index in [0.29, 0.717) is 23.7 Å². The normalized spacial score (nSPS) is 13.8. The van der Waals surface area contributed by atoms with Crippen LogP contribution in [0.15, 0.2) is 65.6 Å². The van der Waals surface area contributed by atoms with Crippen molar-refractivity contribution in [2.24, 2.45) is 5.92 Å². The predicted octanol–water partition coefficient (Wildman–Crippen LogP) is 5.49. The van der Waals surface area contributed by atoms with Gasteiger partial charge in [-0.2, -0.15) is 13.2 Å². The van der Waals surface area contributed by atoms with Gasteiger partial charge in [0, 0.05) is 29.6 Å². The van der Waals surface area contributed by atoms with Crippen LogP contribution in [-0.2, 0) is 6.18 Å². The number of benzene rings is 2. The molecule has 10 heteroatoms. The maximum atomic E-state index is 13.6.